The number of hydrogen-bond donors (Lipinski definition) is 2. The Bertz CT molecular complexity index is 536. The first-order chi connectivity index (χ1) is 12.2. The molecule has 7 heteroatoms. The SMILES string of the molecule is CCNC(=NCC1(c2ccc(Cl)cc2)CC1)NCCCOCCOC.I. The van der Waals surface area contributed by atoms with Crippen LogP contribution >= 0.6 is 35.6 Å². The second-order valence-electron chi connectivity index (χ2n) is 6.37. The van der Waals surface area contributed by atoms with E-state index in [0.717, 1.165) is 43.6 Å². The van der Waals surface area contributed by atoms with Gasteiger partial charge in [-0.3, -0.25) is 4.99 Å². The van der Waals surface area contributed by atoms with Gasteiger partial charge in [-0.05, 0) is 43.9 Å². The van der Waals surface area contributed by atoms with Crippen LogP contribution in [0, 0.1) is 0 Å². The van der Waals surface area contributed by atoms with Crippen molar-refractivity contribution in [1.82, 2.24) is 10.6 Å². The molecule has 1 fully saturated rings. The molecule has 1 saturated carbocycles. The van der Waals surface area contributed by atoms with Gasteiger partial charge in [-0.25, -0.2) is 0 Å². The van der Waals surface area contributed by atoms with Crippen LogP contribution in [0.3, 0.4) is 0 Å². The summed E-state index contributed by atoms with van der Waals surface area (Å²) in [6.07, 6.45) is 3.31. The molecule has 0 heterocycles. The topological polar surface area (TPSA) is 54.9 Å². The summed E-state index contributed by atoms with van der Waals surface area (Å²) in [5.41, 5.74) is 1.53. The molecule has 1 aliphatic carbocycles. The van der Waals surface area contributed by atoms with E-state index in [9.17, 15) is 0 Å². The van der Waals surface area contributed by atoms with Crippen LogP contribution in [0.25, 0.3) is 0 Å². The summed E-state index contributed by atoms with van der Waals surface area (Å²) in [4.78, 5) is 4.79. The average molecular weight is 496 g/mol. The van der Waals surface area contributed by atoms with Crippen molar-refractivity contribution < 1.29 is 9.47 Å². The van der Waals surface area contributed by atoms with E-state index in [4.69, 9.17) is 26.1 Å². The van der Waals surface area contributed by atoms with Crippen LogP contribution in [-0.4, -0.2) is 52.5 Å². The number of methoxy groups -OCH3 is 1. The van der Waals surface area contributed by atoms with Gasteiger partial charge in [0.1, 0.15) is 0 Å². The number of ether oxygens (including phenoxy) is 2. The fourth-order valence-corrected chi connectivity index (χ4v) is 2.82. The highest BCUT2D eigenvalue weighted by atomic mass is 127. The summed E-state index contributed by atoms with van der Waals surface area (Å²) in [6.45, 7) is 6.59. The van der Waals surface area contributed by atoms with E-state index >= 15 is 0 Å². The van der Waals surface area contributed by atoms with Crippen molar-refractivity contribution in [3.63, 3.8) is 0 Å². The lowest BCUT2D eigenvalue weighted by Gasteiger charge is -2.16. The van der Waals surface area contributed by atoms with Gasteiger partial charge in [-0.2, -0.15) is 0 Å². The molecule has 0 aliphatic heterocycles. The molecule has 0 aromatic heterocycles. The molecule has 2 rings (SSSR count). The van der Waals surface area contributed by atoms with Gasteiger partial charge in [0.15, 0.2) is 5.96 Å². The summed E-state index contributed by atoms with van der Waals surface area (Å²) in [6, 6.07) is 8.19. The Kier molecular flexibility index (Phi) is 11.5. The number of benzene rings is 1. The van der Waals surface area contributed by atoms with Crippen LogP contribution < -0.4 is 10.6 Å². The molecule has 0 radical (unpaired) electrons. The Morgan fingerprint density at radius 2 is 1.88 bits per heavy atom. The molecule has 148 valence electrons. The lowest BCUT2D eigenvalue weighted by molar-refractivity contribution is 0.0698. The molecule has 26 heavy (non-hydrogen) atoms. The first-order valence-electron chi connectivity index (χ1n) is 9.05. The predicted molar refractivity (Wildman–Crippen MR) is 119 cm³/mol. The zero-order valence-electron chi connectivity index (χ0n) is 15.7. The first-order valence-corrected chi connectivity index (χ1v) is 9.43. The van der Waals surface area contributed by atoms with Crippen molar-refractivity contribution in [3.8, 4) is 0 Å². The Morgan fingerprint density at radius 1 is 1.15 bits per heavy atom. The summed E-state index contributed by atoms with van der Waals surface area (Å²) in [7, 11) is 1.68. The van der Waals surface area contributed by atoms with Crippen LogP contribution in [0.1, 0.15) is 31.7 Å². The zero-order chi connectivity index (χ0) is 18.0. The molecule has 0 spiro atoms. The van der Waals surface area contributed by atoms with Crippen molar-refractivity contribution in [2.45, 2.75) is 31.6 Å². The summed E-state index contributed by atoms with van der Waals surface area (Å²) >= 11 is 6.00. The quantitative estimate of drug-likeness (QED) is 0.213. The number of hydrogen-bond acceptors (Lipinski definition) is 3. The van der Waals surface area contributed by atoms with Crippen molar-refractivity contribution in [3.05, 3.63) is 34.9 Å². The summed E-state index contributed by atoms with van der Waals surface area (Å²) in [5, 5.41) is 7.47. The van der Waals surface area contributed by atoms with Gasteiger partial charge < -0.3 is 20.1 Å². The van der Waals surface area contributed by atoms with Gasteiger partial charge in [0, 0.05) is 37.2 Å². The molecule has 2 N–H and O–H groups in total. The van der Waals surface area contributed by atoms with Gasteiger partial charge in [0.05, 0.1) is 19.8 Å². The van der Waals surface area contributed by atoms with E-state index in [1.807, 2.05) is 12.1 Å². The highest BCUT2D eigenvalue weighted by Gasteiger charge is 2.44. The molecule has 1 aliphatic rings. The van der Waals surface area contributed by atoms with Crippen LogP contribution in [0.5, 0.6) is 0 Å². The highest BCUT2D eigenvalue weighted by molar-refractivity contribution is 14.0. The fourth-order valence-electron chi connectivity index (χ4n) is 2.69. The molecule has 0 amide bonds. The third-order valence-corrected chi connectivity index (χ3v) is 4.64. The third kappa shape index (κ3) is 7.98. The molecule has 0 saturated heterocycles. The molecular formula is C19H31ClIN3O2. The minimum atomic E-state index is 0. The molecule has 1 aromatic rings. The largest absolute Gasteiger partial charge is 0.382 e. The normalized spacial score (nSPS) is 15.3. The van der Waals surface area contributed by atoms with E-state index in [0.29, 0.717) is 13.2 Å². The zero-order valence-corrected chi connectivity index (χ0v) is 18.8. The lowest BCUT2D eigenvalue weighted by atomic mass is 9.96. The van der Waals surface area contributed by atoms with Crippen LogP contribution in [0.4, 0.5) is 0 Å². The minimum absolute atomic E-state index is 0. The van der Waals surface area contributed by atoms with E-state index in [-0.39, 0.29) is 29.4 Å². The number of nitrogens with one attached hydrogen (secondary N) is 2. The maximum atomic E-state index is 6.00. The standard InChI is InChI=1S/C19H30ClN3O2.HI/c1-3-21-18(22-11-4-12-25-14-13-24-2)23-15-19(9-10-19)16-5-7-17(20)8-6-16;/h5-8H,3-4,9-15H2,1-2H3,(H2,21,22,23);1H. The number of halogens is 2. The third-order valence-electron chi connectivity index (χ3n) is 4.38. The summed E-state index contributed by atoms with van der Waals surface area (Å²) in [5.74, 6) is 0.875. The van der Waals surface area contributed by atoms with E-state index in [1.54, 1.807) is 7.11 Å². The Morgan fingerprint density at radius 3 is 2.50 bits per heavy atom. The average Bonchev–Trinajstić information content (AvgIpc) is 3.40. The maximum absolute atomic E-state index is 6.00. The molecule has 0 atom stereocenters. The van der Waals surface area contributed by atoms with Gasteiger partial charge in [0.2, 0.25) is 0 Å². The van der Waals surface area contributed by atoms with Gasteiger partial charge in [-0.1, -0.05) is 23.7 Å². The molecule has 0 unspecified atom stereocenters. The van der Waals surface area contributed by atoms with Crippen molar-refractivity contribution in [2.75, 3.05) is 46.6 Å². The number of aliphatic imine (C=N–C) groups is 1. The lowest BCUT2D eigenvalue weighted by Crippen LogP contribution is -2.38. The van der Waals surface area contributed by atoms with E-state index in [2.05, 4.69) is 29.7 Å². The molecule has 5 nitrogen and oxygen atoms in total. The minimum Gasteiger partial charge on any atom is -0.382 e. The van der Waals surface area contributed by atoms with Crippen molar-refractivity contribution in [1.29, 1.82) is 0 Å². The second kappa shape index (κ2) is 12.8. The van der Waals surface area contributed by atoms with E-state index < -0.39 is 0 Å². The van der Waals surface area contributed by atoms with Crippen LogP contribution in [0.2, 0.25) is 5.02 Å². The van der Waals surface area contributed by atoms with Gasteiger partial charge in [0.25, 0.3) is 0 Å². The fraction of sp³-hybridized carbons (Fsp3) is 0.632. The second-order valence-corrected chi connectivity index (χ2v) is 6.80. The van der Waals surface area contributed by atoms with Crippen molar-refractivity contribution >= 4 is 41.5 Å². The van der Waals surface area contributed by atoms with Gasteiger partial charge in [-0.15, -0.1) is 24.0 Å². The van der Waals surface area contributed by atoms with Crippen LogP contribution in [-0.2, 0) is 14.9 Å². The summed E-state index contributed by atoms with van der Waals surface area (Å²) < 4.78 is 10.4. The highest BCUT2D eigenvalue weighted by Crippen LogP contribution is 2.48. The Hall–Kier alpha value is -0.570. The maximum Gasteiger partial charge on any atom is 0.191 e. The van der Waals surface area contributed by atoms with Gasteiger partial charge >= 0.3 is 0 Å². The Labute approximate surface area is 179 Å². The number of rotatable bonds is 11. The monoisotopic (exact) mass is 495 g/mol. The van der Waals surface area contributed by atoms with Crippen LogP contribution in [0.15, 0.2) is 29.3 Å². The van der Waals surface area contributed by atoms with E-state index in [1.165, 1.54) is 18.4 Å². The Balaban J connectivity index is 0.00000338. The first kappa shape index (κ1) is 23.5. The number of guanidine groups is 1. The number of nitrogens with zero attached hydrogens (tertiary/aromatic N) is 1. The molecular weight excluding hydrogens is 465 g/mol. The smallest absolute Gasteiger partial charge is 0.191 e. The predicted octanol–water partition coefficient (Wildman–Crippen LogP) is 3.60. The van der Waals surface area contributed by atoms with Crippen molar-refractivity contribution in [2.24, 2.45) is 4.99 Å². The molecule has 0 bridgehead atoms. The molecule has 1 aromatic carbocycles.